The lowest BCUT2D eigenvalue weighted by Gasteiger charge is -2.34. The molecule has 56 heavy (non-hydrogen) atoms. The summed E-state index contributed by atoms with van der Waals surface area (Å²) in [5, 5.41) is 0. The normalized spacial score (nSPS) is 15.7. The summed E-state index contributed by atoms with van der Waals surface area (Å²) >= 11 is 0. The van der Waals surface area contributed by atoms with E-state index in [9.17, 15) is 0 Å². The van der Waals surface area contributed by atoms with Gasteiger partial charge < -0.3 is 9.80 Å². The second-order valence-electron chi connectivity index (χ2n) is 14.9. The van der Waals surface area contributed by atoms with Crippen molar-refractivity contribution in [3.8, 4) is 23.0 Å². The van der Waals surface area contributed by atoms with Crippen LogP contribution < -0.4 is 9.80 Å². The fourth-order valence-electron chi connectivity index (χ4n) is 9.34. The van der Waals surface area contributed by atoms with Crippen molar-refractivity contribution in [3.05, 3.63) is 221 Å². The van der Waals surface area contributed by atoms with E-state index in [1.165, 1.54) is 62.9 Å². The van der Waals surface area contributed by atoms with Gasteiger partial charge in [-0.25, -0.2) is 0 Å². The summed E-state index contributed by atoms with van der Waals surface area (Å²) in [6, 6.07) is 64.5. The molecule has 10 rings (SSSR count). The van der Waals surface area contributed by atoms with Gasteiger partial charge in [0, 0.05) is 40.5 Å². The monoisotopic (exact) mass is 718 g/mol. The van der Waals surface area contributed by atoms with Gasteiger partial charge in [-0.05, 0) is 148 Å². The molecule has 7 aromatic carbocycles. The van der Waals surface area contributed by atoms with Crippen LogP contribution in [0.1, 0.15) is 54.0 Å². The molecule has 268 valence electrons. The van der Waals surface area contributed by atoms with Crippen LogP contribution in [0.4, 0.5) is 34.1 Å². The summed E-state index contributed by atoms with van der Waals surface area (Å²) in [6.45, 7) is 2.28. The molecular weight excluding hydrogens is 677 g/mol. The molecule has 0 aliphatic heterocycles. The fourth-order valence-corrected chi connectivity index (χ4v) is 9.34. The predicted molar refractivity (Wildman–Crippen MR) is 235 cm³/mol. The van der Waals surface area contributed by atoms with E-state index in [0.29, 0.717) is 0 Å². The lowest BCUT2D eigenvalue weighted by atomic mass is 9.68. The SMILES string of the molecule is CCCCc1ccc2c(c1)C1(C3=C2C=CC#CC3)c2ccccc2-c2ccc(N(c3ccccc3)c3ccc(N(c4ccccc4)c4ccccc4)cc3)cc21. The van der Waals surface area contributed by atoms with Gasteiger partial charge in [0.2, 0.25) is 0 Å². The van der Waals surface area contributed by atoms with E-state index in [1.807, 2.05) is 6.08 Å². The van der Waals surface area contributed by atoms with Crippen molar-refractivity contribution < 1.29 is 0 Å². The maximum atomic E-state index is 3.53. The zero-order valence-corrected chi connectivity index (χ0v) is 31.6. The molecule has 0 bridgehead atoms. The number of rotatable bonds is 9. The number of hydrogen-bond acceptors (Lipinski definition) is 2. The van der Waals surface area contributed by atoms with Gasteiger partial charge in [0.25, 0.3) is 0 Å². The number of benzene rings is 7. The number of allylic oxidation sites excluding steroid dienone is 4. The third-order valence-electron chi connectivity index (χ3n) is 11.8. The van der Waals surface area contributed by atoms with E-state index in [4.69, 9.17) is 0 Å². The Kier molecular flexibility index (Phi) is 8.50. The maximum absolute atomic E-state index is 3.53. The topological polar surface area (TPSA) is 6.48 Å². The molecule has 0 N–H and O–H groups in total. The number of fused-ring (bicyclic) bond motifs is 9. The fraction of sp³-hybridized carbons (Fsp3) is 0.111. The van der Waals surface area contributed by atoms with Crippen LogP contribution in [-0.2, 0) is 11.8 Å². The molecule has 0 amide bonds. The number of anilines is 6. The zero-order valence-electron chi connectivity index (χ0n) is 31.6. The first-order valence-electron chi connectivity index (χ1n) is 19.9. The van der Waals surface area contributed by atoms with Crippen LogP contribution in [0.25, 0.3) is 16.7 Å². The summed E-state index contributed by atoms with van der Waals surface area (Å²) in [4.78, 5) is 4.72. The molecule has 0 heterocycles. The number of para-hydroxylation sites is 3. The molecule has 0 fully saturated rings. The molecule has 1 atom stereocenters. The Hall–Kier alpha value is -6.82. The second kappa shape index (κ2) is 14.1. The number of nitrogens with zero attached hydrogens (tertiary/aromatic N) is 2. The average Bonchev–Trinajstić information content (AvgIpc) is 3.55. The Morgan fingerprint density at radius 1 is 0.500 bits per heavy atom. The van der Waals surface area contributed by atoms with E-state index >= 15 is 0 Å². The van der Waals surface area contributed by atoms with Crippen LogP contribution in [0, 0.1) is 11.8 Å². The third kappa shape index (κ3) is 5.43. The second-order valence-corrected chi connectivity index (χ2v) is 14.9. The molecule has 1 unspecified atom stereocenters. The van der Waals surface area contributed by atoms with E-state index in [1.54, 1.807) is 0 Å². The van der Waals surface area contributed by atoms with E-state index < -0.39 is 5.41 Å². The largest absolute Gasteiger partial charge is 0.311 e. The number of aryl methyl sites for hydroxylation is 1. The Balaban J connectivity index is 1.16. The summed E-state index contributed by atoms with van der Waals surface area (Å²) < 4.78 is 0. The highest BCUT2D eigenvalue weighted by atomic mass is 15.2. The molecule has 3 aliphatic carbocycles. The van der Waals surface area contributed by atoms with Crippen molar-refractivity contribution in [2.45, 2.75) is 38.0 Å². The standard InChI is InChI=1S/C54H42N2/c1-2-3-18-39-29-35-48-46-25-14-7-15-27-50(46)54(52(48)37-39)51-28-17-16-26-47(51)49-36-34-45(38-53(49)54)56(42-23-12-6-13-24-42)44-32-30-43(31-33-44)55(40-19-8-4-9-20-40)41-21-10-5-11-22-41/h4-6,8-14,16-17,19-26,28-38H,2-3,18,27H2,1H3. The Morgan fingerprint density at radius 2 is 1.02 bits per heavy atom. The van der Waals surface area contributed by atoms with E-state index in [-0.39, 0.29) is 0 Å². The maximum Gasteiger partial charge on any atom is 0.0698 e. The van der Waals surface area contributed by atoms with Crippen LogP contribution in [0.15, 0.2) is 194 Å². The summed E-state index contributed by atoms with van der Waals surface area (Å²) in [6.07, 6.45) is 8.48. The molecule has 0 aromatic heterocycles. The van der Waals surface area contributed by atoms with Gasteiger partial charge in [-0.15, -0.1) is 0 Å². The van der Waals surface area contributed by atoms with Crippen molar-refractivity contribution in [2.75, 3.05) is 9.80 Å². The quantitative estimate of drug-likeness (QED) is 0.137. The van der Waals surface area contributed by atoms with Crippen molar-refractivity contribution in [3.63, 3.8) is 0 Å². The van der Waals surface area contributed by atoms with E-state index in [2.05, 4.69) is 211 Å². The van der Waals surface area contributed by atoms with Gasteiger partial charge in [-0.2, -0.15) is 0 Å². The van der Waals surface area contributed by atoms with Crippen molar-refractivity contribution in [2.24, 2.45) is 0 Å². The summed E-state index contributed by atoms with van der Waals surface area (Å²) in [7, 11) is 0. The highest BCUT2D eigenvalue weighted by Gasteiger charge is 2.52. The molecular formula is C54H42N2. The predicted octanol–water partition coefficient (Wildman–Crippen LogP) is 14.0. The molecule has 3 aliphatic rings. The molecule has 0 saturated carbocycles. The van der Waals surface area contributed by atoms with Crippen molar-refractivity contribution in [1.82, 2.24) is 0 Å². The van der Waals surface area contributed by atoms with Crippen LogP contribution >= 0.6 is 0 Å². The molecule has 0 saturated heterocycles. The summed E-state index contributed by atoms with van der Waals surface area (Å²) in [5.74, 6) is 6.86. The zero-order chi connectivity index (χ0) is 37.5. The highest BCUT2D eigenvalue weighted by Crippen LogP contribution is 2.63. The van der Waals surface area contributed by atoms with Crippen molar-refractivity contribution in [1.29, 1.82) is 0 Å². The van der Waals surface area contributed by atoms with Crippen LogP contribution in [0.2, 0.25) is 0 Å². The lowest BCUT2D eigenvalue weighted by Crippen LogP contribution is -2.28. The van der Waals surface area contributed by atoms with Crippen LogP contribution in [-0.4, -0.2) is 0 Å². The minimum atomic E-state index is -0.434. The first kappa shape index (κ1) is 33.7. The first-order chi connectivity index (χ1) is 27.8. The van der Waals surface area contributed by atoms with Gasteiger partial charge in [-0.1, -0.05) is 128 Å². The lowest BCUT2D eigenvalue weighted by molar-refractivity contribution is 0.744. The highest BCUT2D eigenvalue weighted by molar-refractivity contribution is 5.98. The van der Waals surface area contributed by atoms with Gasteiger partial charge in [0.1, 0.15) is 0 Å². The minimum absolute atomic E-state index is 0.434. The van der Waals surface area contributed by atoms with Gasteiger partial charge in [0.05, 0.1) is 5.41 Å². The first-order valence-corrected chi connectivity index (χ1v) is 19.9. The van der Waals surface area contributed by atoms with Crippen molar-refractivity contribution >= 4 is 39.7 Å². The molecule has 2 heteroatoms. The van der Waals surface area contributed by atoms with E-state index in [0.717, 1.165) is 47.0 Å². The van der Waals surface area contributed by atoms with Gasteiger partial charge in [-0.3, -0.25) is 0 Å². The van der Waals surface area contributed by atoms with Crippen LogP contribution in [0.5, 0.6) is 0 Å². The Morgan fingerprint density at radius 3 is 1.66 bits per heavy atom. The Bertz CT molecular complexity index is 2660. The smallest absolute Gasteiger partial charge is 0.0698 e. The molecule has 0 radical (unpaired) electrons. The molecule has 7 aromatic rings. The van der Waals surface area contributed by atoms with Gasteiger partial charge in [0.15, 0.2) is 0 Å². The Labute approximate surface area is 330 Å². The minimum Gasteiger partial charge on any atom is -0.311 e. The van der Waals surface area contributed by atoms with Crippen LogP contribution in [0.3, 0.4) is 0 Å². The summed E-state index contributed by atoms with van der Waals surface area (Å²) in [5.41, 5.74) is 18.4. The molecule has 1 spiro atoms. The number of hydrogen-bond donors (Lipinski definition) is 0. The average molecular weight is 719 g/mol. The van der Waals surface area contributed by atoms with Gasteiger partial charge >= 0.3 is 0 Å². The third-order valence-corrected chi connectivity index (χ3v) is 11.8. The molecule has 2 nitrogen and oxygen atoms in total. The number of unbranched alkanes of at least 4 members (excludes halogenated alkanes) is 1.